The van der Waals surface area contributed by atoms with Crippen molar-refractivity contribution in [1.82, 2.24) is 4.98 Å². The third-order valence-corrected chi connectivity index (χ3v) is 2.81. The average molecular weight is 260 g/mol. The fourth-order valence-electron chi connectivity index (χ4n) is 1.77. The molecule has 0 fully saturated rings. The number of ether oxygens (including phenoxy) is 1. The predicted octanol–water partition coefficient (Wildman–Crippen LogP) is 3.62. The van der Waals surface area contributed by atoms with Gasteiger partial charge in [0.15, 0.2) is 5.75 Å². The average Bonchev–Trinajstić information content (AvgIpc) is 2.81. The molecule has 2 N–H and O–H groups in total. The van der Waals surface area contributed by atoms with Crippen molar-refractivity contribution in [1.29, 1.82) is 0 Å². The maximum absolute atomic E-state index is 5.94. The Balaban J connectivity index is 2.47. The smallest absolute Gasteiger partial charge is 0.230 e. The molecule has 2 rings (SSSR count). The Morgan fingerprint density at radius 2 is 2.05 bits per heavy atom. The summed E-state index contributed by atoms with van der Waals surface area (Å²) in [7, 11) is 0. The van der Waals surface area contributed by atoms with Crippen LogP contribution in [0.1, 0.15) is 33.5 Å². The van der Waals surface area contributed by atoms with Gasteiger partial charge < -0.3 is 14.9 Å². The van der Waals surface area contributed by atoms with Crippen LogP contribution in [0.25, 0.3) is 11.5 Å². The van der Waals surface area contributed by atoms with Crippen LogP contribution >= 0.6 is 0 Å². The first-order chi connectivity index (χ1) is 8.93. The molecule has 0 saturated heterocycles. The van der Waals surface area contributed by atoms with Gasteiger partial charge in [0, 0.05) is 5.41 Å². The minimum atomic E-state index is -0.0721. The number of nitrogens with two attached hydrogens (primary N) is 1. The maximum atomic E-state index is 5.94. The second-order valence-corrected chi connectivity index (χ2v) is 5.44. The summed E-state index contributed by atoms with van der Waals surface area (Å²) in [4.78, 5) is 4.33. The molecule has 0 aliphatic carbocycles. The topological polar surface area (TPSA) is 61.3 Å². The van der Waals surface area contributed by atoms with Gasteiger partial charge in [-0.2, -0.15) is 0 Å². The van der Waals surface area contributed by atoms with Crippen LogP contribution in [0.2, 0.25) is 0 Å². The third-order valence-electron chi connectivity index (χ3n) is 2.81. The van der Waals surface area contributed by atoms with Crippen LogP contribution in [0.3, 0.4) is 0 Å². The van der Waals surface area contributed by atoms with Gasteiger partial charge in [-0.05, 0) is 19.1 Å². The fourth-order valence-corrected chi connectivity index (χ4v) is 1.77. The fraction of sp³-hybridized carbons (Fsp3) is 0.400. The molecule has 4 nitrogen and oxygen atoms in total. The summed E-state index contributed by atoms with van der Waals surface area (Å²) in [5.74, 6) is 2.01. The molecule has 102 valence electrons. The second-order valence-electron chi connectivity index (χ2n) is 5.44. The number of aromatic nitrogens is 1. The first-order valence-corrected chi connectivity index (χ1v) is 6.41. The Hall–Kier alpha value is -1.97. The Morgan fingerprint density at radius 1 is 1.32 bits per heavy atom. The van der Waals surface area contributed by atoms with E-state index < -0.39 is 0 Å². The van der Waals surface area contributed by atoms with Crippen LogP contribution in [0, 0.1) is 0 Å². The molecule has 0 amide bonds. The number of anilines is 1. The van der Waals surface area contributed by atoms with Crippen LogP contribution < -0.4 is 10.5 Å². The molecule has 2 aromatic rings. The lowest BCUT2D eigenvalue weighted by atomic mass is 9.94. The number of hydrogen-bond acceptors (Lipinski definition) is 4. The van der Waals surface area contributed by atoms with Gasteiger partial charge in [0.1, 0.15) is 5.76 Å². The van der Waals surface area contributed by atoms with Gasteiger partial charge in [-0.1, -0.05) is 26.8 Å². The molecule has 1 heterocycles. The van der Waals surface area contributed by atoms with Crippen LogP contribution in [0.4, 0.5) is 5.69 Å². The lowest BCUT2D eigenvalue weighted by Crippen LogP contribution is -2.09. The molecule has 1 aromatic carbocycles. The molecule has 19 heavy (non-hydrogen) atoms. The normalized spacial score (nSPS) is 11.6. The zero-order valence-corrected chi connectivity index (χ0v) is 11.9. The SMILES string of the molecule is CCOc1c(N)cccc1-c1ncc(C(C)(C)C)o1. The van der Waals surface area contributed by atoms with Crippen molar-refractivity contribution in [3.8, 4) is 17.2 Å². The van der Waals surface area contributed by atoms with Crippen molar-refractivity contribution in [2.45, 2.75) is 33.1 Å². The Kier molecular flexibility index (Phi) is 3.51. The van der Waals surface area contributed by atoms with E-state index in [0.717, 1.165) is 11.3 Å². The van der Waals surface area contributed by atoms with E-state index >= 15 is 0 Å². The molecule has 1 aromatic heterocycles. The highest BCUT2D eigenvalue weighted by molar-refractivity contribution is 5.72. The van der Waals surface area contributed by atoms with Gasteiger partial charge in [0.2, 0.25) is 5.89 Å². The molecule has 0 spiro atoms. The van der Waals surface area contributed by atoms with Crippen molar-refractivity contribution in [3.63, 3.8) is 0 Å². The number of benzene rings is 1. The van der Waals surface area contributed by atoms with E-state index in [4.69, 9.17) is 14.9 Å². The van der Waals surface area contributed by atoms with Crippen molar-refractivity contribution in [2.75, 3.05) is 12.3 Å². The highest BCUT2D eigenvalue weighted by Gasteiger charge is 2.21. The maximum Gasteiger partial charge on any atom is 0.230 e. The van der Waals surface area contributed by atoms with Gasteiger partial charge in [-0.25, -0.2) is 4.98 Å². The third kappa shape index (κ3) is 2.72. The monoisotopic (exact) mass is 260 g/mol. The highest BCUT2D eigenvalue weighted by Crippen LogP contribution is 2.36. The van der Waals surface area contributed by atoms with Gasteiger partial charge in [-0.3, -0.25) is 0 Å². The molecule has 0 radical (unpaired) electrons. The van der Waals surface area contributed by atoms with E-state index in [1.54, 1.807) is 6.20 Å². The summed E-state index contributed by atoms with van der Waals surface area (Å²) >= 11 is 0. The van der Waals surface area contributed by atoms with Gasteiger partial charge in [0.25, 0.3) is 0 Å². The Bertz CT molecular complexity index is 568. The Labute approximate surface area is 113 Å². The first kappa shape index (κ1) is 13.5. The lowest BCUT2D eigenvalue weighted by Gasteiger charge is -2.13. The zero-order chi connectivity index (χ0) is 14.0. The minimum absolute atomic E-state index is 0.0721. The number of nitrogens with zero attached hydrogens (tertiary/aromatic N) is 1. The summed E-state index contributed by atoms with van der Waals surface area (Å²) in [5.41, 5.74) is 7.25. The van der Waals surface area contributed by atoms with E-state index in [1.807, 2.05) is 25.1 Å². The molecular formula is C15H20N2O2. The molecule has 0 aliphatic rings. The Morgan fingerprint density at radius 3 is 2.63 bits per heavy atom. The number of rotatable bonds is 3. The zero-order valence-electron chi connectivity index (χ0n) is 11.9. The standard InChI is InChI=1S/C15H20N2O2/c1-5-18-13-10(7-6-8-11(13)16)14-17-9-12(19-14)15(2,3)4/h6-9H,5,16H2,1-4H3. The van der Waals surface area contributed by atoms with Crippen molar-refractivity contribution < 1.29 is 9.15 Å². The van der Waals surface area contributed by atoms with Crippen molar-refractivity contribution >= 4 is 5.69 Å². The summed E-state index contributed by atoms with van der Waals surface area (Å²) in [6.45, 7) is 8.72. The van der Waals surface area contributed by atoms with Crippen LogP contribution in [0.15, 0.2) is 28.8 Å². The second kappa shape index (κ2) is 4.96. The highest BCUT2D eigenvalue weighted by atomic mass is 16.5. The number of nitrogen functional groups attached to an aromatic ring is 1. The number of hydrogen-bond donors (Lipinski definition) is 1. The van der Waals surface area contributed by atoms with E-state index in [1.165, 1.54) is 0 Å². The summed E-state index contributed by atoms with van der Waals surface area (Å²) in [5, 5.41) is 0. The van der Waals surface area contributed by atoms with Crippen LogP contribution in [-0.4, -0.2) is 11.6 Å². The first-order valence-electron chi connectivity index (χ1n) is 6.41. The van der Waals surface area contributed by atoms with Crippen molar-refractivity contribution in [2.24, 2.45) is 0 Å². The van der Waals surface area contributed by atoms with E-state index in [9.17, 15) is 0 Å². The van der Waals surface area contributed by atoms with Crippen molar-refractivity contribution in [3.05, 3.63) is 30.2 Å². The molecule has 0 atom stereocenters. The van der Waals surface area contributed by atoms with E-state index in [-0.39, 0.29) is 5.41 Å². The molecule has 0 unspecified atom stereocenters. The van der Waals surface area contributed by atoms with Crippen LogP contribution in [0.5, 0.6) is 5.75 Å². The predicted molar refractivity (Wildman–Crippen MR) is 76.2 cm³/mol. The lowest BCUT2D eigenvalue weighted by molar-refractivity contribution is 0.341. The largest absolute Gasteiger partial charge is 0.491 e. The molecule has 0 saturated carbocycles. The summed E-state index contributed by atoms with van der Waals surface area (Å²) in [6.07, 6.45) is 1.76. The van der Waals surface area contributed by atoms with Gasteiger partial charge in [0.05, 0.1) is 24.1 Å². The number of oxazole rings is 1. The summed E-state index contributed by atoms with van der Waals surface area (Å²) < 4.78 is 11.4. The molecule has 4 heteroatoms. The van der Waals surface area contributed by atoms with Crippen LogP contribution in [-0.2, 0) is 5.41 Å². The summed E-state index contributed by atoms with van der Waals surface area (Å²) in [6, 6.07) is 5.58. The minimum Gasteiger partial charge on any atom is -0.491 e. The molecule has 0 aliphatic heterocycles. The van der Waals surface area contributed by atoms with Gasteiger partial charge >= 0.3 is 0 Å². The van der Waals surface area contributed by atoms with E-state index in [2.05, 4.69) is 25.8 Å². The quantitative estimate of drug-likeness (QED) is 0.856. The van der Waals surface area contributed by atoms with Gasteiger partial charge in [-0.15, -0.1) is 0 Å². The molecule has 0 bridgehead atoms. The number of para-hydroxylation sites is 1. The van der Waals surface area contributed by atoms with E-state index in [0.29, 0.717) is 23.9 Å². The molecular weight excluding hydrogens is 240 g/mol.